The highest BCUT2D eigenvalue weighted by molar-refractivity contribution is 7.95. The maximum atomic E-state index is 11.8. The molecule has 2 N–H and O–H groups in total. The summed E-state index contributed by atoms with van der Waals surface area (Å²) in [6.45, 7) is 2.16. The van der Waals surface area contributed by atoms with Crippen LogP contribution in [-0.2, 0) is 16.3 Å². The van der Waals surface area contributed by atoms with Gasteiger partial charge in [0.1, 0.15) is 0 Å². The number of hydrogen-bond donors (Lipinski definition) is 1. The molecule has 80 valence electrons. The zero-order valence-electron chi connectivity index (χ0n) is 8.53. The second-order valence-electron chi connectivity index (χ2n) is 3.67. The van der Waals surface area contributed by atoms with Crippen molar-refractivity contribution in [3.8, 4) is 0 Å². The van der Waals surface area contributed by atoms with Crippen LogP contribution in [0.5, 0.6) is 0 Å². The molecule has 0 spiro atoms. The molecule has 1 heterocycles. The van der Waals surface area contributed by atoms with Gasteiger partial charge in [-0.2, -0.15) is 0 Å². The van der Waals surface area contributed by atoms with E-state index in [2.05, 4.69) is 0 Å². The monoisotopic (exact) mass is 223 g/mol. The third kappa shape index (κ3) is 1.60. The van der Waals surface area contributed by atoms with Crippen LogP contribution in [0, 0.1) is 0 Å². The Morgan fingerprint density at radius 3 is 2.73 bits per heavy atom. The molecule has 15 heavy (non-hydrogen) atoms. The first-order valence-corrected chi connectivity index (χ1v) is 6.30. The summed E-state index contributed by atoms with van der Waals surface area (Å²) in [5, 5.41) is 0. The Balaban J connectivity index is 2.56. The van der Waals surface area contributed by atoms with Crippen molar-refractivity contribution in [1.29, 1.82) is 0 Å². The standard InChI is InChI=1S/C11H13NO2S/c1-8-6-10-3-2-9(4-5-12)7-11(10)15(8,13)14/h2-3,6-7H,4-5,12H2,1H3. The minimum absolute atomic E-state index is 0.419. The fraction of sp³-hybridized carbons (Fsp3) is 0.273. The second kappa shape index (κ2) is 3.47. The van der Waals surface area contributed by atoms with Crippen molar-refractivity contribution in [2.45, 2.75) is 18.2 Å². The highest BCUT2D eigenvalue weighted by atomic mass is 32.2. The highest BCUT2D eigenvalue weighted by Crippen LogP contribution is 2.32. The molecule has 0 amide bonds. The predicted molar refractivity (Wildman–Crippen MR) is 60.0 cm³/mol. The van der Waals surface area contributed by atoms with Gasteiger partial charge in [-0.1, -0.05) is 12.1 Å². The number of benzene rings is 1. The summed E-state index contributed by atoms with van der Waals surface area (Å²) >= 11 is 0. The van der Waals surface area contributed by atoms with Crippen LogP contribution in [0.15, 0.2) is 28.0 Å². The minimum atomic E-state index is -3.20. The quantitative estimate of drug-likeness (QED) is 0.823. The van der Waals surface area contributed by atoms with Gasteiger partial charge in [-0.05, 0) is 43.2 Å². The summed E-state index contributed by atoms with van der Waals surface area (Å²) in [4.78, 5) is 0.841. The van der Waals surface area contributed by atoms with Crippen molar-refractivity contribution in [1.82, 2.24) is 0 Å². The Labute approximate surface area is 89.5 Å². The largest absolute Gasteiger partial charge is 0.330 e. The van der Waals surface area contributed by atoms with E-state index in [1.807, 2.05) is 12.1 Å². The number of rotatable bonds is 2. The van der Waals surface area contributed by atoms with Crippen LogP contribution in [0.4, 0.5) is 0 Å². The van der Waals surface area contributed by atoms with Gasteiger partial charge in [0, 0.05) is 4.91 Å². The molecular weight excluding hydrogens is 210 g/mol. The number of sulfone groups is 1. The van der Waals surface area contributed by atoms with Crippen LogP contribution >= 0.6 is 0 Å². The molecule has 0 saturated heterocycles. The first kappa shape index (κ1) is 10.4. The molecule has 4 heteroatoms. The van der Waals surface area contributed by atoms with Crippen LogP contribution in [-0.4, -0.2) is 15.0 Å². The Bertz CT molecular complexity index is 530. The van der Waals surface area contributed by atoms with Crippen LogP contribution in [0.25, 0.3) is 6.08 Å². The van der Waals surface area contributed by atoms with Crippen molar-refractivity contribution in [2.75, 3.05) is 6.54 Å². The molecular formula is C11H13NO2S. The number of allylic oxidation sites excluding steroid dienone is 1. The van der Waals surface area contributed by atoms with Crippen LogP contribution in [0.2, 0.25) is 0 Å². The van der Waals surface area contributed by atoms with E-state index in [0.29, 0.717) is 22.8 Å². The summed E-state index contributed by atoms with van der Waals surface area (Å²) in [6, 6.07) is 5.50. The van der Waals surface area contributed by atoms with Gasteiger partial charge < -0.3 is 5.73 Å². The zero-order chi connectivity index (χ0) is 11.1. The summed E-state index contributed by atoms with van der Waals surface area (Å²) in [7, 11) is -3.20. The van der Waals surface area contributed by atoms with E-state index in [0.717, 1.165) is 11.1 Å². The molecule has 1 aliphatic heterocycles. The number of nitrogens with two attached hydrogens (primary N) is 1. The van der Waals surface area contributed by atoms with Crippen molar-refractivity contribution in [2.24, 2.45) is 5.73 Å². The van der Waals surface area contributed by atoms with Gasteiger partial charge in [-0.3, -0.25) is 0 Å². The first-order valence-electron chi connectivity index (χ1n) is 4.82. The smallest absolute Gasteiger partial charge is 0.203 e. The Morgan fingerprint density at radius 1 is 1.33 bits per heavy atom. The van der Waals surface area contributed by atoms with E-state index in [4.69, 9.17) is 5.73 Å². The first-order chi connectivity index (χ1) is 7.05. The summed E-state index contributed by atoms with van der Waals surface area (Å²) in [5.74, 6) is 0. The second-order valence-corrected chi connectivity index (χ2v) is 5.76. The molecule has 0 saturated carbocycles. The zero-order valence-corrected chi connectivity index (χ0v) is 9.34. The summed E-state index contributed by atoms with van der Waals surface area (Å²) < 4.78 is 23.7. The molecule has 2 rings (SSSR count). The third-order valence-electron chi connectivity index (χ3n) is 2.58. The molecule has 0 atom stereocenters. The van der Waals surface area contributed by atoms with Crippen LogP contribution in [0.3, 0.4) is 0 Å². The molecule has 3 nitrogen and oxygen atoms in total. The average Bonchev–Trinajstić information content (AvgIpc) is 2.40. The molecule has 0 fully saturated rings. The maximum Gasteiger partial charge on any atom is 0.203 e. The third-order valence-corrected chi connectivity index (χ3v) is 4.48. The van der Waals surface area contributed by atoms with E-state index in [-0.39, 0.29) is 0 Å². The molecule has 0 aromatic heterocycles. The molecule has 1 aliphatic rings. The van der Waals surface area contributed by atoms with Gasteiger partial charge in [0.05, 0.1) is 4.90 Å². The minimum Gasteiger partial charge on any atom is -0.330 e. The van der Waals surface area contributed by atoms with Gasteiger partial charge >= 0.3 is 0 Å². The summed E-state index contributed by atoms with van der Waals surface area (Å²) in [6.07, 6.45) is 2.42. The van der Waals surface area contributed by atoms with Gasteiger partial charge in [0.2, 0.25) is 9.84 Å². The molecule has 1 aromatic carbocycles. The lowest BCUT2D eigenvalue weighted by Gasteiger charge is -2.03. The molecule has 0 bridgehead atoms. The van der Waals surface area contributed by atoms with E-state index in [1.54, 1.807) is 19.1 Å². The van der Waals surface area contributed by atoms with E-state index >= 15 is 0 Å². The topological polar surface area (TPSA) is 60.2 Å². The van der Waals surface area contributed by atoms with Crippen LogP contribution < -0.4 is 5.73 Å². The van der Waals surface area contributed by atoms with Crippen LogP contribution in [0.1, 0.15) is 18.1 Å². The lowest BCUT2D eigenvalue weighted by molar-refractivity contribution is 0.603. The SMILES string of the molecule is CC1=Cc2ccc(CCN)cc2S1(=O)=O. The van der Waals surface area contributed by atoms with E-state index < -0.39 is 9.84 Å². The Hall–Kier alpha value is -1.13. The van der Waals surface area contributed by atoms with Gasteiger partial charge in [-0.25, -0.2) is 8.42 Å². The van der Waals surface area contributed by atoms with Gasteiger partial charge in [0.15, 0.2) is 0 Å². The van der Waals surface area contributed by atoms with E-state index in [1.165, 1.54) is 0 Å². The summed E-state index contributed by atoms with van der Waals surface area (Å²) in [5.41, 5.74) is 7.20. The molecule has 0 unspecified atom stereocenters. The van der Waals surface area contributed by atoms with Gasteiger partial charge in [0.25, 0.3) is 0 Å². The number of hydrogen-bond acceptors (Lipinski definition) is 3. The Morgan fingerprint density at radius 2 is 2.07 bits per heavy atom. The lowest BCUT2D eigenvalue weighted by atomic mass is 10.1. The molecule has 1 aromatic rings. The number of fused-ring (bicyclic) bond motifs is 1. The lowest BCUT2D eigenvalue weighted by Crippen LogP contribution is -2.04. The average molecular weight is 223 g/mol. The highest BCUT2D eigenvalue weighted by Gasteiger charge is 2.26. The predicted octanol–water partition coefficient (Wildman–Crippen LogP) is 1.34. The molecule has 0 radical (unpaired) electrons. The van der Waals surface area contributed by atoms with Crippen molar-refractivity contribution < 1.29 is 8.42 Å². The van der Waals surface area contributed by atoms with E-state index in [9.17, 15) is 8.42 Å². The normalized spacial score (nSPS) is 17.3. The van der Waals surface area contributed by atoms with Gasteiger partial charge in [-0.15, -0.1) is 0 Å². The fourth-order valence-electron chi connectivity index (χ4n) is 1.72. The molecule has 0 aliphatic carbocycles. The fourth-order valence-corrected chi connectivity index (χ4v) is 3.10. The van der Waals surface area contributed by atoms with Crippen molar-refractivity contribution in [3.05, 3.63) is 34.2 Å². The van der Waals surface area contributed by atoms with Crippen molar-refractivity contribution >= 4 is 15.9 Å². The maximum absolute atomic E-state index is 11.8. The van der Waals surface area contributed by atoms with Crippen molar-refractivity contribution in [3.63, 3.8) is 0 Å². The Kier molecular flexibility index (Phi) is 2.40.